The molecule has 0 unspecified atom stereocenters. The van der Waals surface area contributed by atoms with Gasteiger partial charge in [0.1, 0.15) is 0 Å². The van der Waals surface area contributed by atoms with E-state index in [1.54, 1.807) is 0 Å². The fourth-order valence-corrected chi connectivity index (χ4v) is 1.87. The fourth-order valence-electron chi connectivity index (χ4n) is 1.87. The summed E-state index contributed by atoms with van der Waals surface area (Å²) in [5.41, 5.74) is 2.37. The van der Waals surface area contributed by atoms with Crippen LogP contribution in [0.2, 0.25) is 0 Å². The van der Waals surface area contributed by atoms with E-state index in [1.165, 1.54) is 12.1 Å². The van der Waals surface area contributed by atoms with Gasteiger partial charge in [-0.25, -0.2) is 4.68 Å². The summed E-state index contributed by atoms with van der Waals surface area (Å²) in [7, 11) is 0. The van der Waals surface area contributed by atoms with Gasteiger partial charge in [0, 0.05) is 26.1 Å². The van der Waals surface area contributed by atoms with Crippen LogP contribution in [-0.4, -0.2) is 34.8 Å². The Balaban J connectivity index is 1.78. The maximum atomic E-state index is 5.53. The van der Waals surface area contributed by atoms with Crippen LogP contribution >= 0.6 is 0 Å². The van der Waals surface area contributed by atoms with E-state index < -0.39 is 0 Å². The van der Waals surface area contributed by atoms with Crippen LogP contribution in [0.15, 0.2) is 0 Å². The van der Waals surface area contributed by atoms with Gasteiger partial charge in [0.25, 0.3) is 0 Å². The van der Waals surface area contributed by atoms with Crippen molar-refractivity contribution in [1.29, 1.82) is 0 Å². The molecule has 1 aliphatic rings. The van der Waals surface area contributed by atoms with Gasteiger partial charge in [0.05, 0.1) is 24.5 Å². The highest BCUT2D eigenvalue weighted by Crippen LogP contribution is 2.09. The molecule has 0 saturated heterocycles. The molecular formula is C11H20N4O. The van der Waals surface area contributed by atoms with Crippen molar-refractivity contribution in [2.75, 3.05) is 19.8 Å². The van der Waals surface area contributed by atoms with Crippen LogP contribution in [0.4, 0.5) is 0 Å². The molecule has 1 aliphatic heterocycles. The third-order valence-electron chi connectivity index (χ3n) is 2.84. The molecule has 0 aliphatic carbocycles. The minimum atomic E-state index is 0.739. The Kier molecular flexibility index (Phi) is 4.30. The van der Waals surface area contributed by atoms with E-state index in [2.05, 4.69) is 22.6 Å². The van der Waals surface area contributed by atoms with E-state index in [-0.39, 0.29) is 0 Å². The molecule has 0 spiro atoms. The lowest BCUT2D eigenvalue weighted by Gasteiger charge is -2.13. The summed E-state index contributed by atoms with van der Waals surface area (Å²) in [6.45, 7) is 6.47. The Bertz CT molecular complexity index is 324. The van der Waals surface area contributed by atoms with Crippen molar-refractivity contribution in [3.63, 3.8) is 0 Å². The highest BCUT2D eigenvalue weighted by Gasteiger charge is 2.15. The predicted molar refractivity (Wildman–Crippen MR) is 61.2 cm³/mol. The highest BCUT2D eigenvalue weighted by atomic mass is 16.5. The number of unbranched alkanes of at least 4 members (excludes halogenated alkanes) is 1. The molecule has 1 N–H and O–H groups in total. The molecule has 0 saturated carbocycles. The molecule has 5 nitrogen and oxygen atoms in total. The SMILES string of the molecule is CCCCOCCn1nnc2c1CCNC2. The van der Waals surface area contributed by atoms with Crippen molar-refractivity contribution in [2.45, 2.75) is 39.3 Å². The zero-order valence-electron chi connectivity index (χ0n) is 9.91. The molecule has 0 radical (unpaired) electrons. The number of rotatable bonds is 6. The average Bonchev–Trinajstić information content (AvgIpc) is 2.73. The lowest BCUT2D eigenvalue weighted by molar-refractivity contribution is 0.120. The first-order valence-corrected chi connectivity index (χ1v) is 6.11. The smallest absolute Gasteiger partial charge is 0.0997 e. The van der Waals surface area contributed by atoms with Gasteiger partial charge in [-0.2, -0.15) is 0 Å². The Morgan fingerprint density at radius 2 is 2.38 bits per heavy atom. The molecule has 0 aromatic carbocycles. The van der Waals surface area contributed by atoms with Crippen molar-refractivity contribution in [3.8, 4) is 0 Å². The van der Waals surface area contributed by atoms with E-state index in [1.807, 2.05) is 4.68 Å². The Hall–Kier alpha value is -0.940. The van der Waals surface area contributed by atoms with E-state index in [9.17, 15) is 0 Å². The lowest BCUT2D eigenvalue weighted by Crippen LogP contribution is -2.25. The van der Waals surface area contributed by atoms with Crippen LogP contribution in [-0.2, 0) is 24.2 Å². The summed E-state index contributed by atoms with van der Waals surface area (Å²) in [6.07, 6.45) is 3.35. The second kappa shape index (κ2) is 5.96. The molecule has 0 atom stereocenters. The van der Waals surface area contributed by atoms with E-state index in [0.29, 0.717) is 0 Å². The largest absolute Gasteiger partial charge is 0.380 e. The molecular weight excluding hydrogens is 204 g/mol. The van der Waals surface area contributed by atoms with Gasteiger partial charge in [-0.3, -0.25) is 0 Å². The maximum Gasteiger partial charge on any atom is 0.0997 e. The second-order valence-electron chi connectivity index (χ2n) is 4.10. The van der Waals surface area contributed by atoms with Crippen LogP contribution in [0, 0.1) is 0 Å². The van der Waals surface area contributed by atoms with E-state index >= 15 is 0 Å². The maximum absolute atomic E-state index is 5.53. The molecule has 0 fully saturated rings. The Morgan fingerprint density at radius 1 is 1.44 bits per heavy atom. The molecule has 2 rings (SSSR count). The van der Waals surface area contributed by atoms with Crippen molar-refractivity contribution in [1.82, 2.24) is 20.3 Å². The van der Waals surface area contributed by atoms with Gasteiger partial charge >= 0.3 is 0 Å². The Morgan fingerprint density at radius 3 is 3.25 bits per heavy atom. The van der Waals surface area contributed by atoms with Crippen LogP contribution in [0.3, 0.4) is 0 Å². The van der Waals surface area contributed by atoms with Gasteiger partial charge in [0.15, 0.2) is 0 Å². The van der Waals surface area contributed by atoms with E-state index in [4.69, 9.17) is 4.74 Å². The lowest BCUT2D eigenvalue weighted by atomic mass is 10.2. The first kappa shape index (κ1) is 11.5. The van der Waals surface area contributed by atoms with Gasteiger partial charge in [-0.15, -0.1) is 5.10 Å². The standard InChI is InChI=1S/C11H20N4O/c1-2-3-7-16-8-6-15-11-4-5-12-9-10(11)13-14-15/h12H,2-9H2,1H3. The molecule has 16 heavy (non-hydrogen) atoms. The van der Waals surface area contributed by atoms with Gasteiger partial charge < -0.3 is 10.1 Å². The number of hydrogen-bond donors (Lipinski definition) is 1. The summed E-state index contributed by atoms with van der Waals surface area (Å²) >= 11 is 0. The number of hydrogen-bond acceptors (Lipinski definition) is 4. The molecule has 1 aromatic rings. The molecule has 0 bridgehead atoms. The highest BCUT2D eigenvalue weighted by molar-refractivity contribution is 5.13. The Labute approximate surface area is 96.2 Å². The quantitative estimate of drug-likeness (QED) is 0.724. The van der Waals surface area contributed by atoms with Gasteiger partial charge in [-0.1, -0.05) is 18.6 Å². The number of ether oxygens (including phenoxy) is 1. The normalized spacial score (nSPS) is 15.1. The van der Waals surface area contributed by atoms with Crippen LogP contribution in [0.1, 0.15) is 31.2 Å². The van der Waals surface area contributed by atoms with Crippen molar-refractivity contribution in [2.24, 2.45) is 0 Å². The first-order chi connectivity index (χ1) is 7.92. The minimum Gasteiger partial charge on any atom is -0.380 e. The van der Waals surface area contributed by atoms with E-state index in [0.717, 1.165) is 51.4 Å². The van der Waals surface area contributed by atoms with Gasteiger partial charge in [0.2, 0.25) is 0 Å². The minimum absolute atomic E-state index is 0.739. The molecule has 90 valence electrons. The van der Waals surface area contributed by atoms with Gasteiger partial charge in [-0.05, 0) is 6.42 Å². The molecule has 1 aromatic heterocycles. The third kappa shape index (κ3) is 2.80. The predicted octanol–water partition coefficient (Wildman–Crippen LogP) is 0.740. The van der Waals surface area contributed by atoms with Crippen molar-refractivity contribution >= 4 is 0 Å². The van der Waals surface area contributed by atoms with Crippen LogP contribution < -0.4 is 5.32 Å². The topological polar surface area (TPSA) is 52.0 Å². The fraction of sp³-hybridized carbons (Fsp3) is 0.818. The summed E-state index contributed by atoms with van der Waals surface area (Å²) in [6, 6.07) is 0. The average molecular weight is 224 g/mol. The number of aromatic nitrogens is 3. The number of nitrogens with one attached hydrogen (secondary N) is 1. The van der Waals surface area contributed by atoms with Crippen LogP contribution in [0.5, 0.6) is 0 Å². The first-order valence-electron chi connectivity index (χ1n) is 6.11. The third-order valence-corrected chi connectivity index (χ3v) is 2.84. The van der Waals surface area contributed by atoms with Crippen LogP contribution in [0.25, 0.3) is 0 Å². The summed E-state index contributed by atoms with van der Waals surface area (Å²) in [5, 5.41) is 11.6. The molecule has 5 heteroatoms. The molecule has 0 amide bonds. The zero-order valence-corrected chi connectivity index (χ0v) is 9.91. The van der Waals surface area contributed by atoms with Crippen molar-refractivity contribution < 1.29 is 4.74 Å². The molecule has 2 heterocycles. The second-order valence-corrected chi connectivity index (χ2v) is 4.10. The monoisotopic (exact) mass is 224 g/mol. The van der Waals surface area contributed by atoms with Crippen molar-refractivity contribution in [3.05, 3.63) is 11.4 Å². The summed E-state index contributed by atoms with van der Waals surface area (Å²) in [5.74, 6) is 0. The summed E-state index contributed by atoms with van der Waals surface area (Å²) < 4.78 is 7.52. The summed E-state index contributed by atoms with van der Waals surface area (Å²) in [4.78, 5) is 0. The zero-order chi connectivity index (χ0) is 11.2. The number of fused-ring (bicyclic) bond motifs is 1. The number of nitrogens with zero attached hydrogens (tertiary/aromatic N) is 3.